The van der Waals surface area contributed by atoms with E-state index in [0.717, 1.165) is 0 Å². The van der Waals surface area contributed by atoms with Gasteiger partial charge in [0.05, 0.1) is 0 Å². The van der Waals surface area contributed by atoms with Gasteiger partial charge in [0.15, 0.2) is 6.35 Å². The molecule has 19 heavy (non-hydrogen) atoms. The van der Waals surface area contributed by atoms with Gasteiger partial charge in [0.25, 0.3) is 0 Å². The zero-order valence-electron chi connectivity index (χ0n) is 11.4. The summed E-state index contributed by atoms with van der Waals surface area (Å²) in [5, 5.41) is 12.8. The number of benzene rings is 1. The van der Waals surface area contributed by atoms with E-state index in [1.54, 1.807) is 19.2 Å². The molecule has 5 heteroatoms. The first-order chi connectivity index (χ1) is 8.86. The molecule has 1 unspecified atom stereocenters. The van der Waals surface area contributed by atoms with Gasteiger partial charge >= 0.3 is 0 Å². The average molecular weight is 266 g/mol. The number of nitrogens with one attached hydrogen (secondary N) is 1. The van der Waals surface area contributed by atoms with Gasteiger partial charge in [-0.3, -0.25) is 10.1 Å². The lowest BCUT2D eigenvalue weighted by Crippen LogP contribution is -2.45. The molecule has 1 aromatic rings. The van der Waals surface area contributed by atoms with Crippen LogP contribution in [0.5, 0.6) is 0 Å². The first-order valence-electron chi connectivity index (χ1n) is 6.36. The molecule has 2 N–H and O–H groups in total. The predicted octanol–water partition coefficient (Wildman–Crippen LogP) is 1.40. The van der Waals surface area contributed by atoms with E-state index in [1.165, 1.54) is 17.0 Å². The van der Waals surface area contributed by atoms with Crippen molar-refractivity contribution in [1.82, 2.24) is 10.2 Å². The molecule has 1 aliphatic heterocycles. The molecular formula is C14H19FN2O2. The fraction of sp³-hybridized carbons (Fsp3) is 0.500. The molecule has 0 bridgehead atoms. The topological polar surface area (TPSA) is 52.6 Å². The maximum atomic E-state index is 13.0. The van der Waals surface area contributed by atoms with Crippen molar-refractivity contribution >= 4 is 5.91 Å². The van der Waals surface area contributed by atoms with Crippen LogP contribution in [0.1, 0.15) is 25.8 Å². The van der Waals surface area contributed by atoms with E-state index in [2.05, 4.69) is 5.32 Å². The Balaban J connectivity index is 2.47. The van der Waals surface area contributed by atoms with Crippen molar-refractivity contribution in [1.29, 1.82) is 0 Å². The van der Waals surface area contributed by atoms with Gasteiger partial charge in [0.1, 0.15) is 11.4 Å². The molecular weight excluding hydrogens is 247 g/mol. The van der Waals surface area contributed by atoms with E-state index in [0.29, 0.717) is 12.0 Å². The maximum absolute atomic E-state index is 13.0. The fourth-order valence-corrected chi connectivity index (χ4v) is 2.61. The Bertz CT molecular complexity index is 471. The van der Waals surface area contributed by atoms with Crippen molar-refractivity contribution in [3.8, 4) is 0 Å². The number of halogens is 1. The van der Waals surface area contributed by atoms with Crippen LogP contribution in [-0.2, 0) is 10.3 Å². The Hall–Kier alpha value is -1.46. The number of carbonyl (C=O) groups is 1. The highest BCUT2D eigenvalue weighted by Crippen LogP contribution is 2.35. The molecule has 1 aromatic carbocycles. The van der Waals surface area contributed by atoms with Crippen LogP contribution >= 0.6 is 0 Å². The third-order valence-electron chi connectivity index (χ3n) is 3.48. The van der Waals surface area contributed by atoms with Crippen molar-refractivity contribution < 1.29 is 14.3 Å². The minimum Gasteiger partial charge on any atom is -0.361 e. The monoisotopic (exact) mass is 266 g/mol. The quantitative estimate of drug-likeness (QED) is 0.869. The molecule has 0 radical (unpaired) electrons. The standard InChI is InChI=1S/C14H19FN2O2/c1-9(2)8-14(10-4-6-11(15)7-5-10)12(18)17(3)13(19)16-14/h4-7,9,13,16,19H,8H2,1-3H3/t13?,14-/m1/s1. The normalized spacial score (nSPS) is 27.4. The molecule has 1 fully saturated rings. The molecule has 0 aromatic heterocycles. The number of nitrogens with zero attached hydrogens (tertiary/aromatic N) is 1. The van der Waals surface area contributed by atoms with Crippen LogP contribution in [0, 0.1) is 11.7 Å². The molecule has 1 amide bonds. The summed E-state index contributed by atoms with van der Waals surface area (Å²) in [7, 11) is 1.55. The second-order valence-electron chi connectivity index (χ2n) is 5.44. The average Bonchev–Trinajstić information content (AvgIpc) is 2.55. The summed E-state index contributed by atoms with van der Waals surface area (Å²) in [6.45, 7) is 4.01. The molecule has 0 aliphatic carbocycles. The van der Waals surface area contributed by atoms with Gasteiger partial charge < -0.3 is 10.0 Å². The van der Waals surface area contributed by atoms with Crippen LogP contribution < -0.4 is 5.32 Å². The fourth-order valence-electron chi connectivity index (χ4n) is 2.61. The Morgan fingerprint density at radius 3 is 2.42 bits per heavy atom. The molecule has 1 heterocycles. The molecule has 104 valence electrons. The molecule has 1 saturated heterocycles. The molecule has 2 rings (SSSR count). The number of hydrogen-bond donors (Lipinski definition) is 2. The van der Waals surface area contributed by atoms with E-state index in [4.69, 9.17) is 0 Å². The van der Waals surface area contributed by atoms with Crippen LogP contribution in [0.2, 0.25) is 0 Å². The highest BCUT2D eigenvalue weighted by Gasteiger charge is 2.50. The molecule has 2 atom stereocenters. The van der Waals surface area contributed by atoms with Crippen LogP contribution in [0.25, 0.3) is 0 Å². The highest BCUT2D eigenvalue weighted by molar-refractivity contribution is 5.89. The van der Waals surface area contributed by atoms with Gasteiger partial charge in [0.2, 0.25) is 5.91 Å². The van der Waals surface area contributed by atoms with E-state index >= 15 is 0 Å². The summed E-state index contributed by atoms with van der Waals surface area (Å²) in [5.74, 6) is -0.289. The minimum atomic E-state index is -1.02. The number of hydrogen-bond acceptors (Lipinski definition) is 3. The van der Waals surface area contributed by atoms with E-state index in [-0.39, 0.29) is 17.6 Å². The van der Waals surface area contributed by atoms with Crippen molar-refractivity contribution in [2.75, 3.05) is 7.05 Å². The first-order valence-corrected chi connectivity index (χ1v) is 6.36. The van der Waals surface area contributed by atoms with Gasteiger partial charge in [-0.1, -0.05) is 26.0 Å². The SMILES string of the molecule is CC(C)C[C@]1(c2ccc(F)cc2)NC(O)N(C)C1=O. The van der Waals surface area contributed by atoms with Gasteiger partial charge in [-0.25, -0.2) is 4.39 Å². The second kappa shape index (κ2) is 4.90. The zero-order valence-corrected chi connectivity index (χ0v) is 11.4. The maximum Gasteiger partial charge on any atom is 0.250 e. The van der Waals surface area contributed by atoms with E-state index in [9.17, 15) is 14.3 Å². The third-order valence-corrected chi connectivity index (χ3v) is 3.48. The van der Waals surface area contributed by atoms with Crippen molar-refractivity contribution in [2.24, 2.45) is 5.92 Å². The Morgan fingerprint density at radius 1 is 1.42 bits per heavy atom. The molecule has 1 aliphatic rings. The van der Waals surface area contributed by atoms with E-state index in [1.807, 2.05) is 13.8 Å². The molecule has 4 nitrogen and oxygen atoms in total. The summed E-state index contributed by atoms with van der Waals surface area (Å²) in [4.78, 5) is 13.7. The third kappa shape index (κ3) is 2.35. The van der Waals surface area contributed by atoms with Crippen LogP contribution in [-0.4, -0.2) is 29.3 Å². The summed E-state index contributed by atoms with van der Waals surface area (Å²) in [5.41, 5.74) is -0.299. The lowest BCUT2D eigenvalue weighted by atomic mass is 9.82. The van der Waals surface area contributed by atoms with Crippen LogP contribution in [0.4, 0.5) is 4.39 Å². The van der Waals surface area contributed by atoms with Crippen molar-refractivity contribution in [3.05, 3.63) is 35.6 Å². The summed E-state index contributed by atoms with van der Waals surface area (Å²) in [6, 6.07) is 5.84. The van der Waals surface area contributed by atoms with Crippen molar-refractivity contribution in [3.63, 3.8) is 0 Å². The van der Waals surface area contributed by atoms with Gasteiger partial charge in [-0.05, 0) is 30.0 Å². The van der Waals surface area contributed by atoms with Crippen LogP contribution in [0.15, 0.2) is 24.3 Å². The largest absolute Gasteiger partial charge is 0.361 e. The number of likely N-dealkylation sites (N-methyl/N-ethyl adjacent to an activating group) is 1. The summed E-state index contributed by atoms with van der Waals surface area (Å²) < 4.78 is 13.0. The molecule has 0 spiro atoms. The zero-order chi connectivity index (χ0) is 14.2. The lowest BCUT2D eigenvalue weighted by molar-refractivity contribution is -0.135. The second-order valence-corrected chi connectivity index (χ2v) is 5.44. The summed E-state index contributed by atoms with van der Waals surface area (Å²) in [6.07, 6.45) is -0.477. The van der Waals surface area contributed by atoms with Gasteiger partial charge in [-0.2, -0.15) is 0 Å². The Kier molecular flexibility index (Phi) is 3.60. The van der Waals surface area contributed by atoms with E-state index < -0.39 is 11.9 Å². The summed E-state index contributed by atoms with van der Waals surface area (Å²) >= 11 is 0. The predicted molar refractivity (Wildman–Crippen MR) is 69.4 cm³/mol. The van der Waals surface area contributed by atoms with Gasteiger partial charge in [-0.15, -0.1) is 0 Å². The lowest BCUT2D eigenvalue weighted by Gasteiger charge is -2.29. The highest BCUT2D eigenvalue weighted by atomic mass is 19.1. The molecule has 0 saturated carbocycles. The van der Waals surface area contributed by atoms with Crippen molar-refractivity contribution in [2.45, 2.75) is 32.2 Å². The number of aliphatic hydroxyl groups excluding tert-OH is 1. The Morgan fingerprint density at radius 2 is 2.00 bits per heavy atom. The Labute approximate surface area is 112 Å². The minimum absolute atomic E-state index is 0.194. The smallest absolute Gasteiger partial charge is 0.250 e. The number of rotatable bonds is 3. The number of carbonyl (C=O) groups excluding carboxylic acids is 1. The van der Waals surface area contributed by atoms with Crippen LogP contribution in [0.3, 0.4) is 0 Å². The number of aliphatic hydroxyl groups is 1. The number of amides is 1. The first kappa shape index (κ1) is 14.0. The van der Waals surface area contributed by atoms with Gasteiger partial charge in [0, 0.05) is 7.05 Å².